The molecule has 0 radical (unpaired) electrons. The van der Waals surface area contributed by atoms with Crippen LogP contribution < -0.4 is 0 Å². The van der Waals surface area contributed by atoms with Gasteiger partial charge < -0.3 is 4.57 Å². The number of thioether (sulfide) groups is 1. The lowest BCUT2D eigenvalue weighted by molar-refractivity contribution is 0.599. The average molecular weight is 386 g/mol. The molecule has 5 nitrogen and oxygen atoms in total. The van der Waals surface area contributed by atoms with E-state index in [1.807, 2.05) is 35.9 Å². The zero-order chi connectivity index (χ0) is 17.3. The summed E-state index contributed by atoms with van der Waals surface area (Å²) in [4.78, 5) is 0. The molecule has 0 saturated carbocycles. The third-order valence-corrected chi connectivity index (χ3v) is 7.80. The van der Waals surface area contributed by atoms with Gasteiger partial charge in [-0.1, -0.05) is 42.4 Å². The summed E-state index contributed by atoms with van der Waals surface area (Å²) < 4.78 is 25.3. The van der Waals surface area contributed by atoms with Crippen molar-refractivity contribution in [1.29, 1.82) is 0 Å². The fourth-order valence-corrected chi connectivity index (χ4v) is 5.89. The normalized spacial score (nSPS) is 21.0. The first-order chi connectivity index (χ1) is 11.4. The van der Waals surface area contributed by atoms with Crippen LogP contribution in [0.5, 0.6) is 0 Å². The van der Waals surface area contributed by atoms with E-state index in [2.05, 4.69) is 17.1 Å². The van der Waals surface area contributed by atoms with Crippen LogP contribution >= 0.6 is 23.4 Å². The lowest BCUT2D eigenvalue weighted by Gasteiger charge is -2.15. The zero-order valence-electron chi connectivity index (χ0n) is 13.6. The van der Waals surface area contributed by atoms with Gasteiger partial charge in [-0.2, -0.15) is 0 Å². The lowest BCUT2D eigenvalue weighted by Crippen LogP contribution is -2.09. The Kier molecular flexibility index (Phi) is 5.22. The molecule has 24 heavy (non-hydrogen) atoms. The lowest BCUT2D eigenvalue weighted by atomic mass is 10.1. The van der Waals surface area contributed by atoms with Crippen LogP contribution in [0.3, 0.4) is 0 Å². The van der Waals surface area contributed by atoms with Crippen LogP contribution in [0.1, 0.15) is 42.3 Å². The van der Waals surface area contributed by atoms with Gasteiger partial charge in [0.25, 0.3) is 0 Å². The fourth-order valence-electron chi connectivity index (χ4n) is 2.97. The second-order valence-electron chi connectivity index (χ2n) is 6.07. The minimum Gasteiger partial charge on any atom is -0.309 e. The highest BCUT2D eigenvalue weighted by Crippen LogP contribution is 2.38. The van der Waals surface area contributed by atoms with Crippen molar-refractivity contribution in [2.75, 3.05) is 11.5 Å². The Bertz CT molecular complexity index is 818. The van der Waals surface area contributed by atoms with Gasteiger partial charge in [0, 0.05) is 23.2 Å². The van der Waals surface area contributed by atoms with Gasteiger partial charge in [-0.3, -0.25) is 0 Å². The van der Waals surface area contributed by atoms with Crippen LogP contribution in [-0.2, 0) is 16.9 Å². The van der Waals surface area contributed by atoms with Gasteiger partial charge in [-0.15, -0.1) is 10.2 Å². The van der Waals surface area contributed by atoms with Crippen LogP contribution in [0.2, 0.25) is 5.02 Å². The van der Waals surface area contributed by atoms with Crippen LogP contribution in [-0.4, -0.2) is 34.7 Å². The minimum absolute atomic E-state index is 0.0440. The average Bonchev–Trinajstić information content (AvgIpc) is 3.08. The molecule has 2 aromatic rings. The van der Waals surface area contributed by atoms with E-state index in [9.17, 15) is 8.42 Å². The summed E-state index contributed by atoms with van der Waals surface area (Å²) in [7, 11) is -1.01. The highest BCUT2D eigenvalue weighted by molar-refractivity contribution is 7.99. The largest absolute Gasteiger partial charge is 0.309 e. The van der Waals surface area contributed by atoms with E-state index in [1.165, 1.54) is 5.56 Å². The predicted molar refractivity (Wildman–Crippen MR) is 97.4 cm³/mol. The summed E-state index contributed by atoms with van der Waals surface area (Å²) >= 11 is 7.61. The van der Waals surface area contributed by atoms with Crippen molar-refractivity contribution in [3.8, 4) is 0 Å². The number of benzene rings is 1. The third kappa shape index (κ3) is 3.78. The van der Waals surface area contributed by atoms with Gasteiger partial charge >= 0.3 is 0 Å². The highest BCUT2D eigenvalue weighted by atomic mass is 35.5. The summed E-state index contributed by atoms with van der Waals surface area (Å²) in [6.07, 6.45) is 1.58. The van der Waals surface area contributed by atoms with Crippen LogP contribution in [0.15, 0.2) is 29.4 Å². The molecule has 1 saturated heterocycles. The molecule has 0 amide bonds. The van der Waals surface area contributed by atoms with Gasteiger partial charge in [0.05, 0.1) is 11.5 Å². The number of hydrogen-bond acceptors (Lipinski definition) is 5. The Balaban J connectivity index is 1.79. The van der Waals surface area contributed by atoms with Crippen molar-refractivity contribution in [1.82, 2.24) is 14.8 Å². The molecule has 130 valence electrons. The maximum absolute atomic E-state index is 11.7. The number of halogens is 1. The molecular weight excluding hydrogens is 366 g/mol. The number of hydrogen-bond donors (Lipinski definition) is 0. The molecule has 2 atom stereocenters. The van der Waals surface area contributed by atoms with E-state index >= 15 is 0 Å². The Morgan fingerprint density at radius 1 is 1.33 bits per heavy atom. The van der Waals surface area contributed by atoms with Gasteiger partial charge in [-0.05, 0) is 30.5 Å². The topological polar surface area (TPSA) is 64.8 Å². The molecular formula is C16H20ClN3O2S2. The number of nitrogens with zero attached hydrogens (tertiary/aromatic N) is 3. The summed E-state index contributed by atoms with van der Waals surface area (Å²) in [6.45, 7) is 2.13. The highest BCUT2D eigenvalue weighted by Gasteiger charge is 2.32. The molecule has 0 aliphatic carbocycles. The Hall–Kier alpha value is -1.05. The van der Waals surface area contributed by atoms with Crippen molar-refractivity contribution >= 4 is 33.2 Å². The van der Waals surface area contributed by atoms with Crippen LogP contribution in [0.25, 0.3) is 0 Å². The first kappa shape index (κ1) is 17.8. The second-order valence-corrected chi connectivity index (χ2v) is 9.90. The molecule has 1 aromatic carbocycles. The van der Waals surface area contributed by atoms with Crippen molar-refractivity contribution in [3.63, 3.8) is 0 Å². The van der Waals surface area contributed by atoms with Crippen molar-refractivity contribution in [3.05, 3.63) is 40.7 Å². The smallest absolute Gasteiger partial charge is 0.191 e. The molecule has 0 spiro atoms. The Morgan fingerprint density at radius 2 is 2.04 bits per heavy atom. The predicted octanol–water partition coefficient (Wildman–Crippen LogP) is 3.61. The number of sulfone groups is 1. The molecule has 2 unspecified atom stereocenters. The summed E-state index contributed by atoms with van der Waals surface area (Å²) in [5, 5.41) is 10.4. The van der Waals surface area contributed by atoms with E-state index in [-0.39, 0.29) is 22.7 Å². The van der Waals surface area contributed by atoms with Crippen LogP contribution in [0, 0.1) is 0 Å². The quantitative estimate of drug-likeness (QED) is 0.735. The number of rotatable bonds is 5. The molecule has 1 aliphatic heterocycles. The molecule has 1 aromatic heterocycles. The van der Waals surface area contributed by atoms with Crippen molar-refractivity contribution in [2.24, 2.45) is 7.05 Å². The van der Waals surface area contributed by atoms with Crippen LogP contribution in [0.4, 0.5) is 0 Å². The van der Waals surface area contributed by atoms with Gasteiger partial charge in [-0.25, -0.2) is 8.42 Å². The van der Waals surface area contributed by atoms with E-state index in [0.717, 1.165) is 22.4 Å². The fraction of sp³-hybridized carbons (Fsp3) is 0.500. The van der Waals surface area contributed by atoms with Gasteiger partial charge in [0.1, 0.15) is 5.82 Å². The minimum atomic E-state index is -2.93. The molecule has 0 bridgehead atoms. The first-order valence-electron chi connectivity index (χ1n) is 7.91. The van der Waals surface area contributed by atoms with Gasteiger partial charge in [0.2, 0.25) is 0 Å². The van der Waals surface area contributed by atoms with E-state index in [4.69, 9.17) is 11.6 Å². The Labute approximate surface area is 151 Å². The molecule has 8 heteroatoms. The first-order valence-corrected chi connectivity index (χ1v) is 11.0. The molecule has 0 N–H and O–H groups in total. The number of aromatic nitrogens is 3. The SMILES string of the molecule is CCC(Sc1nnc(C2CCS(=O)(=O)C2)n1C)c1ccc(Cl)cc1. The summed E-state index contributed by atoms with van der Waals surface area (Å²) in [5.74, 6) is 1.15. The summed E-state index contributed by atoms with van der Waals surface area (Å²) in [6, 6.07) is 7.85. The van der Waals surface area contributed by atoms with Crippen molar-refractivity contribution < 1.29 is 8.42 Å². The maximum atomic E-state index is 11.7. The maximum Gasteiger partial charge on any atom is 0.191 e. The molecule has 3 rings (SSSR count). The molecule has 2 heterocycles. The zero-order valence-corrected chi connectivity index (χ0v) is 16.0. The second kappa shape index (κ2) is 7.06. The van der Waals surface area contributed by atoms with E-state index in [1.54, 1.807) is 11.8 Å². The summed E-state index contributed by atoms with van der Waals surface area (Å²) in [5.41, 5.74) is 1.19. The molecule has 1 fully saturated rings. The van der Waals surface area contributed by atoms with Crippen molar-refractivity contribution in [2.45, 2.75) is 36.1 Å². The van der Waals surface area contributed by atoms with Gasteiger partial charge in [0.15, 0.2) is 15.0 Å². The van der Waals surface area contributed by atoms with E-state index < -0.39 is 9.84 Å². The monoisotopic (exact) mass is 385 g/mol. The Morgan fingerprint density at radius 3 is 2.62 bits per heavy atom. The standard InChI is InChI=1S/C16H20ClN3O2S2/c1-3-14(11-4-6-13(17)7-5-11)23-16-19-18-15(20(16)2)12-8-9-24(21,22)10-12/h4-7,12,14H,3,8-10H2,1-2H3. The van der Waals surface area contributed by atoms with E-state index in [0.29, 0.717) is 6.42 Å². The third-order valence-electron chi connectivity index (χ3n) is 4.33. The molecule has 1 aliphatic rings.